The second-order valence-electron chi connectivity index (χ2n) is 6.35. The summed E-state index contributed by atoms with van der Waals surface area (Å²) in [6.07, 6.45) is 9.44. The molecule has 2 bridgehead atoms. The number of nitrogens with one attached hydrogen (secondary N) is 3. The molecule has 2 atom stereocenters. The molecule has 0 saturated carbocycles. The van der Waals surface area contributed by atoms with Gasteiger partial charge in [-0.1, -0.05) is 32.6 Å². The van der Waals surface area contributed by atoms with E-state index in [1.165, 1.54) is 12.8 Å². The molecular weight excluding hydrogens is 314 g/mol. The van der Waals surface area contributed by atoms with Crippen molar-refractivity contribution in [3.63, 3.8) is 0 Å². The summed E-state index contributed by atoms with van der Waals surface area (Å²) < 4.78 is 0. The molecule has 25 heavy (non-hydrogen) atoms. The van der Waals surface area contributed by atoms with E-state index < -0.39 is 0 Å². The minimum Gasteiger partial charge on any atom is -0.349 e. The van der Waals surface area contributed by atoms with Crippen molar-refractivity contribution in [1.82, 2.24) is 15.6 Å². The molecule has 0 radical (unpaired) electrons. The van der Waals surface area contributed by atoms with Crippen molar-refractivity contribution < 1.29 is 4.79 Å². The van der Waals surface area contributed by atoms with Crippen LogP contribution >= 0.6 is 0 Å². The molecule has 1 amide bonds. The number of aromatic nitrogens is 1. The fourth-order valence-electron chi connectivity index (χ4n) is 3.66. The summed E-state index contributed by atoms with van der Waals surface area (Å²) in [6, 6.07) is 2.80. The van der Waals surface area contributed by atoms with Gasteiger partial charge in [0.25, 0.3) is 11.5 Å². The fraction of sp³-hybridized carbons (Fsp3) is 0.500. The highest BCUT2D eigenvalue weighted by molar-refractivity contribution is 5.94. The Labute approximate surface area is 148 Å². The van der Waals surface area contributed by atoms with Crippen molar-refractivity contribution in [2.75, 3.05) is 0 Å². The Kier molecular flexibility index (Phi) is 6.76. The molecule has 1 aromatic heterocycles. The zero-order chi connectivity index (χ0) is 18.4. The molecule has 1 aromatic rings. The molecular formula is C20H29N3O2. The topological polar surface area (TPSA) is 74.0 Å². The van der Waals surface area contributed by atoms with Gasteiger partial charge in [0, 0.05) is 23.5 Å². The lowest BCUT2D eigenvalue weighted by Gasteiger charge is -2.29. The zero-order valence-electron chi connectivity index (χ0n) is 15.4. The van der Waals surface area contributed by atoms with Gasteiger partial charge in [-0.15, -0.1) is 0 Å². The molecule has 3 N–H and O–H groups in total. The van der Waals surface area contributed by atoms with Crippen LogP contribution in [0.25, 0.3) is 12.2 Å². The first kappa shape index (κ1) is 19.2. The normalized spacial score (nSPS) is 26.0. The third kappa shape index (κ3) is 4.48. The summed E-state index contributed by atoms with van der Waals surface area (Å²) >= 11 is 0. The second kappa shape index (κ2) is 8.81. The van der Waals surface area contributed by atoms with Gasteiger partial charge in [-0.05, 0) is 50.0 Å². The molecule has 136 valence electrons. The molecule has 0 spiro atoms. The van der Waals surface area contributed by atoms with Crippen LogP contribution in [0.1, 0.15) is 56.8 Å². The number of carbonyl (C=O) groups is 1. The van der Waals surface area contributed by atoms with Gasteiger partial charge < -0.3 is 15.6 Å². The van der Waals surface area contributed by atoms with Gasteiger partial charge in [0.15, 0.2) is 0 Å². The highest BCUT2D eigenvalue weighted by Gasteiger charge is 2.34. The summed E-state index contributed by atoms with van der Waals surface area (Å²) in [5.41, 5.74) is -0.191. The maximum Gasteiger partial charge on any atom is 0.261 e. The van der Waals surface area contributed by atoms with Crippen LogP contribution in [0.4, 0.5) is 0 Å². The Balaban J connectivity index is 0.00000109. The van der Waals surface area contributed by atoms with Crippen molar-refractivity contribution >= 4 is 18.1 Å². The van der Waals surface area contributed by atoms with Crippen molar-refractivity contribution in [3.05, 3.63) is 45.2 Å². The number of hydrogen-bond acceptors (Lipinski definition) is 3. The molecule has 2 fully saturated rings. The lowest BCUT2D eigenvalue weighted by Crippen LogP contribution is -2.49. The summed E-state index contributed by atoms with van der Waals surface area (Å²) in [4.78, 5) is 27.5. The number of hydrogen-bond donors (Lipinski definition) is 3. The molecule has 5 heteroatoms. The van der Waals surface area contributed by atoms with E-state index in [-0.39, 0.29) is 23.1 Å². The van der Waals surface area contributed by atoms with Gasteiger partial charge in [-0.2, -0.15) is 0 Å². The van der Waals surface area contributed by atoms with Crippen LogP contribution in [0, 0.1) is 0 Å². The number of amides is 1. The van der Waals surface area contributed by atoms with Crippen LogP contribution in [0.5, 0.6) is 0 Å². The van der Waals surface area contributed by atoms with E-state index in [1.54, 1.807) is 18.2 Å². The number of aromatic amines is 1. The zero-order valence-corrected chi connectivity index (χ0v) is 15.4. The van der Waals surface area contributed by atoms with Crippen LogP contribution in [0.2, 0.25) is 0 Å². The lowest BCUT2D eigenvalue weighted by atomic mass is 9.99. The van der Waals surface area contributed by atoms with Crippen LogP contribution in [0.15, 0.2) is 23.5 Å². The molecule has 2 unspecified atom stereocenters. The maximum absolute atomic E-state index is 12.5. The standard InChI is InChI=1S/C18H23N3O2.C2H6/c1-3-5-16-11(4-2)8-15(18(23)21-16)17(22)20-14-9-12-6-7-13(10-14)19-12;1-2/h3-5,8,12-14,19H,1,6-7,9-10H2,2H3,(H,20,22)(H,21,23);1-2H3/b11-4-,16-5+;. The van der Waals surface area contributed by atoms with Gasteiger partial charge in [0.05, 0.1) is 0 Å². The highest BCUT2D eigenvalue weighted by atomic mass is 16.2. The van der Waals surface area contributed by atoms with Crippen molar-refractivity contribution in [1.29, 1.82) is 0 Å². The van der Waals surface area contributed by atoms with E-state index in [2.05, 4.69) is 22.2 Å². The molecule has 0 aliphatic carbocycles. The van der Waals surface area contributed by atoms with Crippen LogP contribution in [-0.4, -0.2) is 29.0 Å². The van der Waals surface area contributed by atoms with Gasteiger partial charge in [-0.3, -0.25) is 9.59 Å². The Bertz CT molecular complexity index is 782. The lowest BCUT2D eigenvalue weighted by molar-refractivity contribution is 0.0922. The molecule has 2 aliphatic heterocycles. The molecule has 0 aromatic carbocycles. The van der Waals surface area contributed by atoms with Crippen LogP contribution in [-0.2, 0) is 0 Å². The number of rotatable bonds is 3. The average Bonchev–Trinajstić information content (AvgIpc) is 2.95. The van der Waals surface area contributed by atoms with E-state index >= 15 is 0 Å². The molecule has 3 heterocycles. The molecule has 2 aliphatic rings. The smallest absolute Gasteiger partial charge is 0.261 e. The maximum atomic E-state index is 12.5. The van der Waals surface area contributed by atoms with Gasteiger partial charge in [0.1, 0.15) is 5.56 Å². The number of carbonyl (C=O) groups excluding carboxylic acids is 1. The van der Waals surface area contributed by atoms with E-state index in [9.17, 15) is 9.59 Å². The summed E-state index contributed by atoms with van der Waals surface area (Å²) in [5, 5.41) is 8.07. The first-order valence-corrected chi connectivity index (χ1v) is 9.20. The van der Waals surface area contributed by atoms with E-state index in [0.29, 0.717) is 17.4 Å². The van der Waals surface area contributed by atoms with E-state index in [0.717, 1.165) is 18.1 Å². The summed E-state index contributed by atoms with van der Waals surface area (Å²) in [6.45, 7) is 9.51. The number of pyridine rings is 1. The third-order valence-electron chi connectivity index (χ3n) is 4.75. The Morgan fingerprint density at radius 3 is 2.48 bits per heavy atom. The number of piperidine rings is 1. The minimum absolute atomic E-state index is 0.147. The SMILES string of the molecule is C=C/C=c1/[nH]c(=O)c(C(=O)NC2CC3CCC(C2)N3)c/c1=C/C.CC. The molecule has 2 saturated heterocycles. The van der Waals surface area contributed by atoms with Gasteiger partial charge in [0.2, 0.25) is 0 Å². The van der Waals surface area contributed by atoms with E-state index in [1.807, 2.05) is 26.8 Å². The van der Waals surface area contributed by atoms with Crippen molar-refractivity contribution in [2.45, 2.75) is 64.6 Å². The minimum atomic E-state index is -0.363. The fourth-order valence-corrected chi connectivity index (χ4v) is 3.66. The van der Waals surface area contributed by atoms with Gasteiger partial charge >= 0.3 is 0 Å². The van der Waals surface area contributed by atoms with Crippen molar-refractivity contribution in [3.8, 4) is 0 Å². The van der Waals surface area contributed by atoms with Crippen LogP contribution in [0.3, 0.4) is 0 Å². The first-order valence-electron chi connectivity index (χ1n) is 9.20. The molecule has 5 nitrogen and oxygen atoms in total. The first-order chi connectivity index (χ1) is 12.1. The predicted octanol–water partition coefficient (Wildman–Crippen LogP) is 1.18. The Morgan fingerprint density at radius 2 is 1.92 bits per heavy atom. The second-order valence-corrected chi connectivity index (χ2v) is 6.35. The number of fused-ring (bicyclic) bond motifs is 2. The monoisotopic (exact) mass is 343 g/mol. The summed E-state index contributed by atoms with van der Waals surface area (Å²) in [5.74, 6) is -0.286. The quantitative estimate of drug-likeness (QED) is 0.772. The molecule has 3 rings (SSSR count). The van der Waals surface area contributed by atoms with Crippen LogP contribution < -0.4 is 26.8 Å². The number of allylic oxidation sites excluding steroid dienone is 1. The number of H-pyrrole nitrogens is 1. The van der Waals surface area contributed by atoms with E-state index in [4.69, 9.17) is 0 Å². The highest BCUT2D eigenvalue weighted by Crippen LogP contribution is 2.26. The van der Waals surface area contributed by atoms with Gasteiger partial charge in [-0.25, -0.2) is 0 Å². The van der Waals surface area contributed by atoms with Crippen molar-refractivity contribution in [2.24, 2.45) is 0 Å². The third-order valence-corrected chi connectivity index (χ3v) is 4.75. The Morgan fingerprint density at radius 1 is 1.28 bits per heavy atom. The average molecular weight is 343 g/mol. The summed E-state index contributed by atoms with van der Waals surface area (Å²) in [7, 11) is 0. The Hall–Kier alpha value is -2.14. The largest absolute Gasteiger partial charge is 0.349 e. The predicted molar refractivity (Wildman–Crippen MR) is 103 cm³/mol.